The molecule has 0 bridgehead atoms. The summed E-state index contributed by atoms with van der Waals surface area (Å²) in [7, 11) is 0. The lowest BCUT2D eigenvalue weighted by molar-refractivity contribution is 0.920. The summed E-state index contributed by atoms with van der Waals surface area (Å²) in [4.78, 5) is 0. The Hall–Kier alpha value is -0.500. The third-order valence-corrected chi connectivity index (χ3v) is 0.678. The molecule has 46 valence electrons. The predicted octanol–water partition coefficient (Wildman–Crippen LogP) is 1.33. The molecule has 0 atom stereocenters. The monoisotopic (exact) mass is 132 g/mol. The molecule has 0 rings (SSSR count). The molecular weight excluding hydrogens is 124 g/mol. The summed E-state index contributed by atoms with van der Waals surface area (Å²) in [5.74, 6) is 0. The average molecular weight is 133 g/mol. The largest absolute Gasteiger partial charge is 0.391 e. The molecule has 0 aliphatic carbocycles. The van der Waals surface area contributed by atoms with Crippen molar-refractivity contribution in [1.82, 2.24) is 5.32 Å². The third kappa shape index (κ3) is 5.50. The van der Waals surface area contributed by atoms with Gasteiger partial charge >= 0.3 is 0 Å². The first-order valence-corrected chi connectivity index (χ1v) is 2.79. The van der Waals surface area contributed by atoms with Crippen LogP contribution in [-0.2, 0) is 0 Å². The van der Waals surface area contributed by atoms with Gasteiger partial charge < -0.3 is 5.32 Å². The van der Waals surface area contributed by atoms with Crippen molar-refractivity contribution in [3.8, 4) is 0 Å². The van der Waals surface area contributed by atoms with Crippen molar-refractivity contribution in [1.29, 1.82) is 5.41 Å². The van der Waals surface area contributed by atoms with Crippen molar-refractivity contribution in [3.63, 3.8) is 0 Å². The molecule has 0 saturated heterocycles. The molecule has 0 aromatic carbocycles. The number of halogens is 1. The highest BCUT2D eigenvalue weighted by molar-refractivity contribution is 6.67. The summed E-state index contributed by atoms with van der Waals surface area (Å²) in [6.45, 7) is 2.84. The fourth-order valence-electron chi connectivity index (χ4n) is 0.250. The number of rotatable bonds is 3. The van der Waals surface area contributed by atoms with Crippen LogP contribution in [0.1, 0.15) is 6.92 Å². The van der Waals surface area contributed by atoms with Crippen LogP contribution in [0.25, 0.3) is 0 Å². The van der Waals surface area contributed by atoms with Gasteiger partial charge in [-0.05, 0) is 19.2 Å². The zero-order valence-corrected chi connectivity index (χ0v) is 5.50. The highest BCUT2D eigenvalue weighted by Crippen LogP contribution is 1.79. The molecule has 0 heterocycles. The van der Waals surface area contributed by atoms with Crippen LogP contribution < -0.4 is 5.32 Å². The maximum absolute atomic E-state index is 6.71. The quantitative estimate of drug-likeness (QED) is 0.559. The van der Waals surface area contributed by atoms with E-state index >= 15 is 0 Å². The first-order chi connectivity index (χ1) is 3.77. The number of hydrogen-bond acceptors (Lipinski definition) is 2. The minimum absolute atomic E-state index is 0.0472. The van der Waals surface area contributed by atoms with E-state index in [4.69, 9.17) is 17.0 Å². The van der Waals surface area contributed by atoms with Crippen molar-refractivity contribution in [3.05, 3.63) is 12.3 Å². The minimum atomic E-state index is 0.0472. The Morgan fingerprint density at radius 2 is 2.50 bits per heavy atom. The van der Waals surface area contributed by atoms with E-state index < -0.39 is 0 Å². The van der Waals surface area contributed by atoms with Crippen LogP contribution in [0.15, 0.2) is 12.3 Å². The average Bonchev–Trinajstić information content (AvgIpc) is 1.66. The summed E-state index contributed by atoms with van der Waals surface area (Å²) in [5, 5.41) is 9.63. The fraction of sp³-hybridized carbons (Fsp3) is 0.400. The summed E-state index contributed by atoms with van der Waals surface area (Å²) in [5.41, 5.74) is 0. The van der Waals surface area contributed by atoms with Crippen LogP contribution in [0.4, 0.5) is 0 Å². The zero-order chi connectivity index (χ0) is 6.41. The van der Waals surface area contributed by atoms with E-state index in [1.54, 1.807) is 6.20 Å². The van der Waals surface area contributed by atoms with Crippen molar-refractivity contribution in [2.24, 2.45) is 0 Å². The van der Waals surface area contributed by atoms with E-state index in [1.807, 2.05) is 6.92 Å². The lowest BCUT2D eigenvalue weighted by atomic mass is 10.6. The minimum Gasteiger partial charge on any atom is -0.391 e. The predicted molar refractivity (Wildman–Crippen MR) is 36.4 cm³/mol. The van der Waals surface area contributed by atoms with Crippen LogP contribution in [0, 0.1) is 5.41 Å². The SMILES string of the molecule is CCN/C=C/C(=N)Cl. The third-order valence-electron chi connectivity index (χ3n) is 0.552. The van der Waals surface area contributed by atoms with Gasteiger partial charge in [-0.3, -0.25) is 5.41 Å². The normalized spacial score (nSPS) is 9.75. The zero-order valence-electron chi connectivity index (χ0n) is 4.74. The van der Waals surface area contributed by atoms with Crippen LogP contribution in [0.3, 0.4) is 0 Å². The first-order valence-electron chi connectivity index (χ1n) is 2.41. The van der Waals surface area contributed by atoms with Crippen molar-refractivity contribution in [2.45, 2.75) is 6.92 Å². The summed E-state index contributed by atoms with van der Waals surface area (Å²) < 4.78 is 0. The van der Waals surface area contributed by atoms with Gasteiger partial charge in [0.2, 0.25) is 0 Å². The van der Waals surface area contributed by atoms with E-state index in [2.05, 4.69) is 5.32 Å². The molecule has 2 N–H and O–H groups in total. The molecule has 2 nitrogen and oxygen atoms in total. The van der Waals surface area contributed by atoms with Gasteiger partial charge in [-0.2, -0.15) is 0 Å². The van der Waals surface area contributed by atoms with Crippen LogP contribution in [0.5, 0.6) is 0 Å². The van der Waals surface area contributed by atoms with Crippen LogP contribution in [0.2, 0.25) is 0 Å². The van der Waals surface area contributed by atoms with Crippen molar-refractivity contribution >= 4 is 16.8 Å². The summed E-state index contributed by atoms with van der Waals surface area (Å²) in [6, 6.07) is 0. The lowest BCUT2D eigenvalue weighted by Gasteiger charge is -1.87. The molecule has 0 aromatic rings. The number of hydrogen-bond donors (Lipinski definition) is 2. The van der Waals surface area contributed by atoms with E-state index in [9.17, 15) is 0 Å². The molecular formula is C5H9ClN2. The highest BCUT2D eigenvalue weighted by Gasteiger charge is 1.74. The second kappa shape index (κ2) is 4.65. The highest BCUT2D eigenvalue weighted by atomic mass is 35.5. The molecule has 8 heavy (non-hydrogen) atoms. The molecule has 0 saturated carbocycles. The van der Waals surface area contributed by atoms with Gasteiger partial charge in [0.05, 0.1) is 0 Å². The molecule has 0 aromatic heterocycles. The number of nitrogens with one attached hydrogen (secondary N) is 2. The molecule has 0 spiro atoms. The molecule has 0 amide bonds. The number of allylic oxidation sites excluding steroid dienone is 1. The lowest BCUT2D eigenvalue weighted by Crippen LogP contribution is -2.01. The molecule has 0 aliphatic rings. The maximum atomic E-state index is 6.71. The smallest absolute Gasteiger partial charge is 0.122 e. The van der Waals surface area contributed by atoms with Gasteiger partial charge in [0, 0.05) is 6.54 Å². The van der Waals surface area contributed by atoms with E-state index in [-0.39, 0.29) is 5.17 Å². The Kier molecular flexibility index (Phi) is 4.36. The van der Waals surface area contributed by atoms with Crippen LogP contribution >= 0.6 is 11.6 Å². The van der Waals surface area contributed by atoms with Crippen molar-refractivity contribution < 1.29 is 0 Å². The Morgan fingerprint density at radius 1 is 1.88 bits per heavy atom. The molecule has 0 fully saturated rings. The van der Waals surface area contributed by atoms with Crippen molar-refractivity contribution in [2.75, 3.05) is 6.54 Å². The maximum Gasteiger partial charge on any atom is 0.122 e. The second-order valence-corrected chi connectivity index (χ2v) is 1.65. The standard InChI is InChI=1S/C5H9ClN2/c1-2-8-4-3-5(6)7/h3-4,7-8H,2H2,1H3/b4-3+,7-5?. The Labute approximate surface area is 54.0 Å². The van der Waals surface area contributed by atoms with E-state index in [0.29, 0.717) is 0 Å². The fourth-order valence-corrected chi connectivity index (χ4v) is 0.313. The summed E-state index contributed by atoms with van der Waals surface area (Å²) in [6.07, 6.45) is 3.14. The Bertz CT molecular complexity index is 98.6. The topological polar surface area (TPSA) is 35.9 Å². The second-order valence-electron chi connectivity index (χ2n) is 1.24. The van der Waals surface area contributed by atoms with Gasteiger partial charge in [-0.25, -0.2) is 0 Å². The molecule has 0 unspecified atom stereocenters. The summed E-state index contributed by atoms with van der Waals surface area (Å²) >= 11 is 5.17. The molecule has 0 radical (unpaired) electrons. The first kappa shape index (κ1) is 7.50. The van der Waals surface area contributed by atoms with E-state index in [0.717, 1.165) is 6.54 Å². The Morgan fingerprint density at radius 3 is 2.88 bits per heavy atom. The molecule has 0 aliphatic heterocycles. The van der Waals surface area contributed by atoms with Gasteiger partial charge in [0.15, 0.2) is 0 Å². The van der Waals surface area contributed by atoms with Gasteiger partial charge in [-0.1, -0.05) is 11.6 Å². The van der Waals surface area contributed by atoms with Gasteiger partial charge in [0.25, 0.3) is 0 Å². The van der Waals surface area contributed by atoms with E-state index in [1.165, 1.54) is 6.08 Å². The van der Waals surface area contributed by atoms with Gasteiger partial charge in [-0.15, -0.1) is 0 Å². The van der Waals surface area contributed by atoms with Crippen LogP contribution in [-0.4, -0.2) is 11.7 Å². The van der Waals surface area contributed by atoms with Gasteiger partial charge in [0.1, 0.15) is 5.17 Å². The molecule has 3 heteroatoms. The Balaban J connectivity index is 3.20.